The standard InChI is InChI=1S/C11H14N4O2/c1-7(10(16)13-12)15-9-6-4-3-5-8(9)14(2)11(15)17/h3-7H,12H2,1-2H3,(H,13,16). The van der Waals surface area contributed by atoms with Gasteiger partial charge in [-0.2, -0.15) is 0 Å². The molecular formula is C11H14N4O2. The van der Waals surface area contributed by atoms with E-state index in [4.69, 9.17) is 5.84 Å². The van der Waals surface area contributed by atoms with E-state index in [9.17, 15) is 9.59 Å². The first-order chi connectivity index (χ1) is 8.07. The minimum atomic E-state index is -0.640. The lowest BCUT2D eigenvalue weighted by Gasteiger charge is -2.11. The maximum Gasteiger partial charge on any atom is 0.329 e. The molecule has 0 radical (unpaired) electrons. The predicted molar refractivity (Wildman–Crippen MR) is 64.2 cm³/mol. The van der Waals surface area contributed by atoms with Crippen molar-refractivity contribution >= 4 is 16.9 Å². The Bertz CT molecular complexity index is 626. The fourth-order valence-corrected chi connectivity index (χ4v) is 1.93. The quantitative estimate of drug-likeness (QED) is 0.432. The van der Waals surface area contributed by atoms with Gasteiger partial charge in [-0.15, -0.1) is 0 Å². The van der Waals surface area contributed by atoms with Crippen molar-refractivity contribution in [3.8, 4) is 0 Å². The molecule has 0 fully saturated rings. The highest BCUT2D eigenvalue weighted by molar-refractivity contribution is 5.83. The molecule has 1 unspecified atom stereocenters. The van der Waals surface area contributed by atoms with Gasteiger partial charge in [0.05, 0.1) is 11.0 Å². The fourth-order valence-electron chi connectivity index (χ4n) is 1.93. The summed E-state index contributed by atoms with van der Waals surface area (Å²) in [6.07, 6.45) is 0. The number of carbonyl (C=O) groups is 1. The summed E-state index contributed by atoms with van der Waals surface area (Å²) in [5, 5.41) is 0. The second-order valence-corrected chi connectivity index (χ2v) is 3.88. The number of hydrogen-bond donors (Lipinski definition) is 2. The Morgan fingerprint density at radius 3 is 2.53 bits per heavy atom. The number of aromatic nitrogens is 2. The summed E-state index contributed by atoms with van der Waals surface area (Å²) in [7, 11) is 1.67. The Balaban J connectivity index is 2.73. The maximum absolute atomic E-state index is 12.1. The molecular weight excluding hydrogens is 220 g/mol. The monoisotopic (exact) mass is 234 g/mol. The van der Waals surface area contributed by atoms with Gasteiger partial charge in [-0.1, -0.05) is 12.1 Å². The minimum Gasteiger partial charge on any atom is -0.295 e. The Morgan fingerprint density at radius 1 is 1.35 bits per heavy atom. The lowest BCUT2D eigenvalue weighted by molar-refractivity contribution is -0.123. The van der Waals surface area contributed by atoms with Crippen molar-refractivity contribution in [3.63, 3.8) is 0 Å². The van der Waals surface area contributed by atoms with Gasteiger partial charge >= 0.3 is 5.69 Å². The Labute approximate surface area is 97.6 Å². The van der Waals surface area contributed by atoms with E-state index in [-0.39, 0.29) is 5.69 Å². The molecule has 2 aromatic rings. The zero-order valence-corrected chi connectivity index (χ0v) is 9.68. The van der Waals surface area contributed by atoms with E-state index in [1.54, 1.807) is 20.0 Å². The highest BCUT2D eigenvalue weighted by Gasteiger charge is 2.20. The van der Waals surface area contributed by atoms with Crippen molar-refractivity contribution < 1.29 is 4.79 Å². The molecule has 0 aliphatic rings. The van der Waals surface area contributed by atoms with Crippen molar-refractivity contribution in [2.45, 2.75) is 13.0 Å². The van der Waals surface area contributed by atoms with Crippen molar-refractivity contribution in [2.75, 3.05) is 0 Å². The van der Waals surface area contributed by atoms with Gasteiger partial charge in [0.25, 0.3) is 5.91 Å². The normalized spacial score (nSPS) is 12.6. The van der Waals surface area contributed by atoms with Crippen LogP contribution in [0, 0.1) is 0 Å². The van der Waals surface area contributed by atoms with Crippen molar-refractivity contribution in [3.05, 3.63) is 34.7 Å². The second kappa shape index (κ2) is 4.06. The maximum atomic E-state index is 12.1. The van der Waals surface area contributed by atoms with Crippen LogP contribution >= 0.6 is 0 Å². The summed E-state index contributed by atoms with van der Waals surface area (Å²) >= 11 is 0. The average molecular weight is 234 g/mol. The van der Waals surface area contributed by atoms with Crippen LogP contribution in [-0.2, 0) is 11.8 Å². The second-order valence-electron chi connectivity index (χ2n) is 3.88. The Hall–Kier alpha value is -2.08. The van der Waals surface area contributed by atoms with Crippen molar-refractivity contribution in [1.29, 1.82) is 0 Å². The van der Waals surface area contributed by atoms with Gasteiger partial charge in [0, 0.05) is 7.05 Å². The van der Waals surface area contributed by atoms with E-state index in [1.165, 1.54) is 9.13 Å². The van der Waals surface area contributed by atoms with Crippen LogP contribution in [0.1, 0.15) is 13.0 Å². The number of amides is 1. The molecule has 0 aliphatic carbocycles. The van der Waals surface area contributed by atoms with Crippen LogP contribution < -0.4 is 17.0 Å². The molecule has 0 saturated carbocycles. The molecule has 2 rings (SSSR count). The molecule has 0 spiro atoms. The molecule has 1 aromatic heterocycles. The third-order valence-electron chi connectivity index (χ3n) is 2.90. The molecule has 6 heteroatoms. The van der Waals surface area contributed by atoms with Crippen LogP contribution in [0.2, 0.25) is 0 Å². The van der Waals surface area contributed by atoms with Crippen LogP contribution in [0.4, 0.5) is 0 Å². The van der Waals surface area contributed by atoms with Gasteiger partial charge in [0.15, 0.2) is 0 Å². The van der Waals surface area contributed by atoms with Crippen LogP contribution in [-0.4, -0.2) is 15.0 Å². The largest absolute Gasteiger partial charge is 0.329 e. The number of carbonyl (C=O) groups excluding carboxylic acids is 1. The Kier molecular flexibility index (Phi) is 2.72. The van der Waals surface area contributed by atoms with E-state index in [0.29, 0.717) is 0 Å². The number of nitrogens with zero attached hydrogens (tertiary/aromatic N) is 2. The highest BCUT2D eigenvalue weighted by Crippen LogP contribution is 2.15. The van der Waals surface area contributed by atoms with Crippen LogP contribution in [0.5, 0.6) is 0 Å². The number of hydrogen-bond acceptors (Lipinski definition) is 3. The summed E-state index contributed by atoms with van der Waals surface area (Å²) in [4.78, 5) is 23.6. The number of benzene rings is 1. The number of hydrazine groups is 1. The topological polar surface area (TPSA) is 82.1 Å². The number of para-hydroxylation sites is 2. The summed E-state index contributed by atoms with van der Waals surface area (Å²) in [5.74, 6) is 4.69. The number of nitrogens with two attached hydrogens (primary N) is 1. The first-order valence-corrected chi connectivity index (χ1v) is 5.24. The first kappa shape index (κ1) is 11.4. The SMILES string of the molecule is CC(C(=O)NN)n1c(=O)n(C)c2ccccc21. The molecule has 1 heterocycles. The molecule has 1 amide bonds. The van der Waals surface area contributed by atoms with E-state index in [1.807, 2.05) is 18.2 Å². The molecule has 90 valence electrons. The van der Waals surface area contributed by atoms with E-state index in [0.717, 1.165) is 11.0 Å². The van der Waals surface area contributed by atoms with E-state index < -0.39 is 11.9 Å². The van der Waals surface area contributed by atoms with Crippen LogP contribution in [0.15, 0.2) is 29.1 Å². The Morgan fingerprint density at radius 2 is 1.94 bits per heavy atom. The fraction of sp³-hybridized carbons (Fsp3) is 0.273. The molecule has 3 N–H and O–H groups in total. The minimum absolute atomic E-state index is 0.234. The molecule has 0 saturated heterocycles. The summed E-state index contributed by atoms with van der Waals surface area (Å²) in [5.41, 5.74) is 3.33. The third-order valence-corrected chi connectivity index (χ3v) is 2.90. The van der Waals surface area contributed by atoms with Gasteiger partial charge in [0.1, 0.15) is 6.04 Å². The number of nitrogens with one attached hydrogen (secondary N) is 1. The molecule has 1 aromatic carbocycles. The van der Waals surface area contributed by atoms with Gasteiger partial charge in [-0.05, 0) is 19.1 Å². The average Bonchev–Trinajstić information content (AvgIpc) is 2.61. The van der Waals surface area contributed by atoms with Crippen molar-refractivity contribution in [1.82, 2.24) is 14.6 Å². The van der Waals surface area contributed by atoms with E-state index in [2.05, 4.69) is 5.43 Å². The van der Waals surface area contributed by atoms with Crippen LogP contribution in [0.25, 0.3) is 11.0 Å². The summed E-state index contributed by atoms with van der Waals surface area (Å²) in [6.45, 7) is 1.63. The summed E-state index contributed by atoms with van der Waals surface area (Å²) in [6, 6.07) is 6.67. The zero-order chi connectivity index (χ0) is 12.6. The van der Waals surface area contributed by atoms with Gasteiger partial charge < -0.3 is 0 Å². The molecule has 6 nitrogen and oxygen atoms in total. The van der Waals surface area contributed by atoms with Crippen molar-refractivity contribution in [2.24, 2.45) is 12.9 Å². The number of fused-ring (bicyclic) bond motifs is 1. The summed E-state index contributed by atoms with van der Waals surface area (Å²) < 4.78 is 2.94. The lowest BCUT2D eigenvalue weighted by Crippen LogP contribution is -2.39. The van der Waals surface area contributed by atoms with Crippen LogP contribution in [0.3, 0.4) is 0 Å². The third kappa shape index (κ3) is 1.62. The van der Waals surface area contributed by atoms with E-state index >= 15 is 0 Å². The van der Waals surface area contributed by atoms with Gasteiger partial charge in [-0.25, -0.2) is 10.6 Å². The molecule has 17 heavy (non-hydrogen) atoms. The van der Waals surface area contributed by atoms with Gasteiger partial charge in [-0.3, -0.25) is 19.4 Å². The molecule has 0 bridgehead atoms. The lowest BCUT2D eigenvalue weighted by atomic mass is 10.2. The molecule has 0 aliphatic heterocycles. The predicted octanol–water partition coefficient (Wildman–Crippen LogP) is -0.109. The smallest absolute Gasteiger partial charge is 0.295 e. The van der Waals surface area contributed by atoms with Gasteiger partial charge in [0.2, 0.25) is 0 Å². The highest BCUT2D eigenvalue weighted by atomic mass is 16.2. The first-order valence-electron chi connectivity index (χ1n) is 5.24. The number of imidazole rings is 1. The zero-order valence-electron chi connectivity index (χ0n) is 9.68. The number of rotatable bonds is 2. The molecule has 1 atom stereocenters. The number of aryl methyl sites for hydroxylation is 1.